The van der Waals surface area contributed by atoms with Crippen LogP contribution in [-0.4, -0.2) is 63.1 Å². The van der Waals surface area contributed by atoms with Crippen molar-refractivity contribution in [1.82, 2.24) is 14.3 Å². The van der Waals surface area contributed by atoms with Crippen molar-refractivity contribution < 1.29 is 17.9 Å². The molecule has 1 saturated heterocycles. The van der Waals surface area contributed by atoms with Crippen LogP contribution in [0.2, 0.25) is 0 Å². The molecule has 0 amide bonds. The van der Waals surface area contributed by atoms with Crippen molar-refractivity contribution >= 4 is 15.8 Å². The Balaban J connectivity index is 1.75. The molecule has 0 bridgehead atoms. The van der Waals surface area contributed by atoms with E-state index in [1.165, 1.54) is 24.6 Å². The summed E-state index contributed by atoms with van der Waals surface area (Å²) in [5.41, 5.74) is 0.905. The second-order valence-corrected chi connectivity index (χ2v) is 8.69. The van der Waals surface area contributed by atoms with Gasteiger partial charge in [0.15, 0.2) is 0 Å². The largest absolute Gasteiger partial charge is 0.497 e. The lowest BCUT2D eigenvalue weighted by Crippen LogP contribution is -2.45. The second kappa shape index (κ2) is 8.32. The molecular weight excluding hydrogens is 380 g/mol. The molecule has 0 saturated carbocycles. The lowest BCUT2D eigenvalue weighted by molar-refractivity contribution is 0.312. The molecular formula is C19H26N4O4S. The normalized spacial score (nSPS) is 16.0. The van der Waals surface area contributed by atoms with E-state index in [0.717, 1.165) is 11.5 Å². The van der Waals surface area contributed by atoms with E-state index >= 15 is 0 Å². The summed E-state index contributed by atoms with van der Waals surface area (Å²) in [6.07, 6.45) is 2.98. The van der Waals surface area contributed by atoms with Crippen molar-refractivity contribution in [3.05, 3.63) is 36.3 Å². The monoisotopic (exact) mass is 406 g/mol. The maximum absolute atomic E-state index is 13.2. The zero-order valence-electron chi connectivity index (χ0n) is 16.6. The molecule has 0 spiro atoms. The fourth-order valence-electron chi connectivity index (χ4n) is 3.41. The Morgan fingerprint density at radius 3 is 2.43 bits per heavy atom. The van der Waals surface area contributed by atoms with Gasteiger partial charge in [0, 0.05) is 44.0 Å². The molecule has 0 N–H and O–H groups in total. The number of piperidine rings is 1. The summed E-state index contributed by atoms with van der Waals surface area (Å²) in [4.78, 5) is 10.7. The number of nitrogens with zero attached hydrogens (tertiary/aromatic N) is 4. The number of hydrogen-bond donors (Lipinski definition) is 0. The summed E-state index contributed by atoms with van der Waals surface area (Å²) in [5, 5.41) is 0. The van der Waals surface area contributed by atoms with Gasteiger partial charge >= 0.3 is 0 Å². The van der Waals surface area contributed by atoms with Crippen LogP contribution in [0.25, 0.3) is 0 Å². The standard InChI is InChI=1S/C19H26N4O4S/c1-14-11-19(21-13-20-14)22(2)15-7-9-23(10-8-15)28(24,25)18-12-16(26-3)5-6-17(18)27-4/h5-6,11-13,15H,7-10H2,1-4H3. The molecule has 1 fully saturated rings. The van der Waals surface area contributed by atoms with Crippen LogP contribution in [0.4, 0.5) is 5.82 Å². The third-order valence-electron chi connectivity index (χ3n) is 5.11. The van der Waals surface area contributed by atoms with E-state index in [1.54, 1.807) is 18.5 Å². The van der Waals surface area contributed by atoms with E-state index in [2.05, 4.69) is 14.9 Å². The number of ether oxygens (including phenoxy) is 2. The molecule has 8 nitrogen and oxygen atoms in total. The van der Waals surface area contributed by atoms with Crippen molar-refractivity contribution in [3.63, 3.8) is 0 Å². The van der Waals surface area contributed by atoms with E-state index in [9.17, 15) is 8.42 Å². The summed E-state index contributed by atoms with van der Waals surface area (Å²) in [7, 11) is 1.29. The van der Waals surface area contributed by atoms with Crippen molar-refractivity contribution in [2.24, 2.45) is 0 Å². The Labute approximate surface area is 166 Å². The van der Waals surface area contributed by atoms with Gasteiger partial charge in [-0.25, -0.2) is 18.4 Å². The minimum Gasteiger partial charge on any atom is -0.497 e. The Morgan fingerprint density at radius 1 is 1.11 bits per heavy atom. The van der Waals surface area contributed by atoms with Gasteiger partial charge in [0.05, 0.1) is 14.2 Å². The van der Waals surface area contributed by atoms with Gasteiger partial charge < -0.3 is 14.4 Å². The van der Waals surface area contributed by atoms with Crippen molar-refractivity contribution in [2.45, 2.75) is 30.7 Å². The van der Waals surface area contributed by atoms with Gasteiger partial charge in [-0.05, 0) is 31.9 Å². The first-order valence-corrected chi connectivity index (χ1v) is 10.5. The Hall–Kier alpha value is -2.39. The molecule has 152 valence electrons. The molecule has 1 aromatic carbocycles. The lowest BCUT2D eigenvalue weighted by Gasteiger charge is -2.36. The Kier molecular flexibility index (Phi) is 6.04. The molecule has 1 aliphatic rings. The summed E-state index contributed by atoms with van der Waals surface area (Å²) >= 11 is 0. The lowest BCUT2D eigenvalue weighted by atomic mass is 10.1. The predicted octanol–water partition coefficient (Wildman–Crippen LogP) is 2.09. The van der Waals surface area contributed by atoms with Crippen LogP contribution in [0.15, 0.2) is 35.5 Å². The molecule has 2 heterocycles. The molecule has 2 aromatic rings. The minimum atomic E-state index is -3.67. The van der Waals surface area contributed by atoms with Crippen LogP contribution in [0.3, 0.4) is 0 Å². The average molecular weight is 407 g/mol. The molecule has 0 aliphatic carbocycles. The summed E-state index contributed by atoms with van der Waals surface area (Å²) in [6.45, 7) is 2.79. The minimum absolute atomic E-state index is 0.132. The van der Waals surface area contributed by atoms with Crippen molar-refractivity contribution in [1.29, 1.82) is 0 Å². The molecule has 0 atom stereocenters. The van der Waals surface area contributed by atoms with Crippen LogP contribution >= 0.6 is 0 Å². The highest BCUT2D eigenvalue weighted by atomic mass is 32.2. The highest BCUT2D eigenvalue weighted by Crippen LogP contribution is 2.32. The average Bonchev–Trinajstić information content (AvgIpc) is 2.72. The summed E-state index contributed by atoms with van der Waals surface area (Å²) in [6, 6.07) is 6.96. The molecule has 3 rings (SSSR count). The van der Waals surface area contributed by atoms with Gasteiger partial charge in [0.2, 0.25) is 10.0 Å². The van der Waals surface area contributed by atoms with Crippen molar-refractivity contribution in [2.75, 3.05) is 39.3 Å². The zero-order chi connectivity index (χ0) is 20.3. The summed E-state index contributed by atoms with van der Waals surface area (Å²) < 4.78 is 38.3. The first-order valence-electron chi connectivity index (χ1n) is 9.10. The Morgan fingerprint density at radius 2 is 1.82 bits per heavy atom. The zero-order valence-corrected chi connectivity index (χ0v) is 17.4. The highest BCUT2D eigenvalue weighted by molar-refractivity contribution is 7.89. The fourth-order valence-corrected chi connectivity index (χ4v) is 5.06. The van der Waals surface area contributed by atoms with Gasteiger partial charge in [0.25, 0.3) is 0 Å². The van der Waals surface area contributed by atoms with Crippen molar-refractivity contribution in [3.8, 4) is 11.5 Å². The van der Waals surface area contributed by atoms with Crippen LogP contribution in [0.5, 0.6) is 11.5 Å². The molecule has 1 aliphatic heterocycles. The van der Waals surface area contributed by atoms with E-state index in [4.69, 9.17) is 9.47 Å². The fraction of sp³-hybridized carbons (Fsp3) is 0.474. The number of methoxy groups -OCH3 is 2. The number of aryl methyl sites for hydroxylation is 1. The molecule has 9 heteroatoms. The topological polar surface area (TPSA) is 84.9 Å². The van der Waals surface area contributed by atoms with Crippen LogP contribution in [0, 0.1) is 6.92 Å². The number of benzene rings is 1. The molecule has 1 aromatic heterocycles. The van der Waals surface area contributed by atoms with E-state index < -0.39 is 10.0 Å². The number of hydrogen-bond acceptors (Lipinski definition) is 7. The smallest absolute Gasteiger partial charge is 0.246 e. The van der Waals surface area contributed by atoms with Gasteiger partial charge in [-0.1, -0.05) is 0 Å². The van der Waals surface area contributed by atoms with Crippen LogP contribution < -0.4 is 14.4 Å². The highest BCUT2D eigenvalue weighted by Gasteiger charge is 2.33. The number of rotatable bonds is 6. The Bertz CT molecular complexity index is 927. The molecule has 28 heavy (non-hydrogen) atoms. The van der Waals surface area contributed by atoms with E-state index in [1.807, 2.05) is 20.0 Å². The number of aromatic nitrogens is 2. The van der Waals surface area contributed by atoms with Gasteiger partial charge in [-0.2, -0.15) is 4.31 Å². The van der Waals surface area contributed by atoms with E-state index in [0.29, 0.717) is 37.4 Å². The second-order valence-electron chi connectivity index (χ2n) is 6.78. The predicted molar refractivity (Wildman–Crippen MR) is 106 cm³/mol. The van der Waals surface area contributed by atoms with Gasteiger partial charge in [0.1, 0.15) is 28.5 Å². The third kappa shape index (κ3) is 4.05. The number of sulfonamides is 1. The molecule has 0 unspecified atom stereocenters. The molecule has 0 radical (unpaired) electrons. The van der Waals surface area contributed by atoms with E-state index in [-0.39, 0.29) is 10.9 Å². The maximum Gasteiger partial charge on any atom is 0.246 e. The first-order chi connectivity index (χ1) is 13.4. The van der Waals surface area contributed by atoms with Crippen LogP contribution in [0.1, 0.15) is 18.5 Å². The van der Waals surface area contributed by atoms with Crippen LogP contribution in [-0.2, 0) is 10.0 Å². The quantitative estimate of drug-likeness (QED) is 0.726. The third-order valence-corrected chi connectivity index (χ3v) is 7.03. The maximum atomic E-state index is 13.2. The van der Waals surface area contributed by atoms with Gasteiger partial charge in [-0.3, -0.25) is 0 Å². The van der Waals surface area contributed by atoms with Gasteiger partial charge in [-0.15, -0.1) is 0 Å². The first kappa shape index (κ1) is 20.3. The number of anilines is 1. The summed E-state index contributed by atoms with van der Waals surface area (Å²) in [5.74, 6) is 1.65. The SMILES string of the molecule is COc1ccc(OC)c(S(=O)(=O)N2CCC(N(C)c3cc(C)ncn3)CC2)c1.